The Kier molecular flexibility index (Phi) is 5.47. The number of hydrogen-bond acceptors (Lipinski definition) is 5. The van der Waals surface area contributed by atoms with Crippen LogP contribution in [0.5, 0.6) is 0 Å². The first kappa shape index (κ1) is 18.7. The van der Waals surface area contributed by atoms with Crippen molar-refractivity contribution in [3.63, 3.8) is 0 Å². The largest absolute Gasteiger partial charge is 0.325 e. The highest BCUT2D eigenvalue weighted by molar-refractivity contribution is 7.99. The third-order valence-corrected chi connectivity index (χ3v) is 5.94. The fourth-order valence-electron chi connectivity index (χ4n) is 2.72. The van der Waals surface area contributed by atoms with Crippen molar-refractivity contribution in [3.8, 4) is 11.1 Å². The first-order valence-corrected chi connectivity index (χ1v) is 10.6. The number of benzene rings is 2. The number of nitrogens with one attached hydrogen (secondary N) is 2. The Bertz CT molecular complexity index is 1210. The Labute approximate surface area is 173 Å². The number of nitrogens with zero attached hydrogens (tertiary/aromatic N) is 1. The number of amides is 1. The monoisotopic (exact) mass is 427 g/mol. The second-order valence-corrected chi connectivity index (χ2v) is 8.17. The fraction of sp³-hybridized carbons (Fsp3) is 0.0500. The smallest absolute Gasteiger partial charge is 0.260 e. The highest BCUT2D eigenvalue weighted by Gasteiger charge is 2.14. The van der Waals surface area contributed by atoms with E-state index in [1.807, 2.05) is 35.7 Å². The van der Waals surface area contributed by atoms with Gasteiger partial charge in [0, 0.05) is 21.7 Å². The van der Waals surface area contributed by atoms with Crippen LogP contribution in [0.15, 0.2) is 69.9 Å². The topological polar surface area (TPSA) is 74.8 Å². The number of anilines is 1. The summed E-state index contributed by atoms with van der Waals surface area (Å²) in [6, 6.07) is 16.7. The molecular formula is C20H14ClN3O2S2. The third-order valence-electron chi connectivity index (χ3n) is 3.96. The van der Waals surface area contributed by atoms with E-state index < -0.39 is 0 Å². The molecule has 4 aromatic rings. The number of thiophene rings is 1. The summed E-state index contributed by atoms with van der Waals surface area (Å²) in [6.45, 7) is 0. The average molecular weight is 428 g/mol. The van der Waals surface area contributed by atoms with Crippen LogP contribution < -0.4 is 10.9 Å². The van der Waals surface area contributed by atoms with Crippen LogP contribution in [0.1, 0.15) is 0 Å². The van der Waals surface area contributed by atoms with Gasteiger partial charge in [0.1, 0.15) is 4.83 Å². The lowest BCUT2D eigenvalue weighted by molar-refractivity contribution is -0.113. The quantitative estimate of drug-likeness (QED) is 0.346. The van der Waals surface area contributed by atoms with Gasteiger partial charge in [-0.3, -0.25) is 9.59 Å². The molecule has 0 fully saturated rings. The lowest BCUT2D eigenvalue weighted by Crippen LogP contribution is -2.15. The predicted octanol–water partition coefficient (Wildman–Crippen LogP) is 5.04. The number of hydrogen-bond donors (Lipinski definition) is 2. The van der Waals surface area contributed by atoms with E-state index in [-0.39, 0.29) is 17.2 Å². The summed E-state index contributed by atoms with van der Waals surface area (Å²) in [6.07, 6.45) is 0. The van der Waals surface area contributed by atoms with Gasteiger partial charge < -0.3 is 10.3 Å². The number of H-pyrrole nitrogens is 1. The summed E-state index contributed by atoms with van der Waals surface area (Å²) >= 11 is 8.51. The van der Waals surface area contributed by atoms with Crippen LogP contribution in [-0.4, -0.2) is 21.6 Å². The number of carbonyl (C=O) groups excluding carboxylic acids is 1. The van der Waals surface area contributed by atoms with Gasteiger partial charge in [-0.2, -0.15) is 0 Å². The molecule has 0 atom stereocenters. The summed E-state index contributed by atoms with van der Waals surface area (Å²) in [4.78, 5) is 32.7. The molecule has 28 heavy (non-hydrogen) atoms. The second kappa shape index (κ2) is 8.18. The highest BCUT2D eigenvalue weighted by atomic mass is 35.5. The van der Waals surface area contributed by atoms with E-state index in [0.717, 1.165) is 11.1 Å². The maximum absolute atomic E-state index is 12.6. The van der Waals surface area contributed by atoms with Gasteiger partial charge in [0.25, 0.3) is 5.56 Å². The molecule has 0 unspecified atom stereocenters. The Morgan fingerprint density at radius 3 is 2.79 bits per heavy atom. The molecule has 0 aliphatic carbocycles. The molecule has 8 heteroatoms. The molecule has 5 nitrogen and oxygen atoms in total. The predicted molar refractivity (Wildman–Crippen MR) is 116 cm³/mol. The number of halogens is 1. The first-order chi connectivity index (χ1) is 13.6. The van der Waals surface area contributed by atoms with Crippen LogP contribution in [0, 0.1) is 0 Å². The van der Waals surface area contributed by atoms with E-state index in [2.05, 4.69) is 15.3 Å². The van der Waals surface area contributed by atoms with Gasteiger partial charge >= 0.3 is 0 Å². The van der Waals surface area contributed by atoms with Crippen molar-refractivity contribution in [3.05, 3.63) is 75.4 Å². The van der Waals surface area contributed by atoms with Crippen LogP contribution in [0.4, 0.5) is 5.69 Å². The zero-order chi connectivity index (χ0) is 19.5. The van der Waals surface area contributed by atoms with Gasteiger partial charge in [0.05, 0.1) is 11.1 Å². The summed E-state index contributed by atoms with van der Waals surface area (Å²) in [5, 5.41) is 6.24. The number of fused-ring (bicyclic) bond motifs is 1. The highest BCUT2D eigenvalue weighted by Crippen LogP contribution is 2.31. The normalized spacial score (nSPS) is 10.9. The molecule has 2 N–H and O–H groups in total. The van der Waals surface area contributed by atoms with Gasteiger partial charge in [-0.1, -0.05) is 59.8 Å². The van der Waals surface area contributed by atoms with Gasteiger partial charge in [0.15, 0.2) is 5.16 Å². The zero-order valence-electron chi connectivity index (χ0n) is 14.4. The van der Waals surface area contributed by atoms with Crippen molar-refractivity contribution in [1.82, 2.24) is 9.97 Å². The van der Waals surface area contributed by atoms with E-state index in [4.69, 9.17) is 11.6 Å². The van der Waals surface area contributed by atoms with Gasteiger partial charge in [0.2, 0.25) is 5.91 Å². The maximum atomic E-state index is 12.6. The van der Waals surface area contributed by atoms with Crippen molar-refractivity contribution in [2.45, 2.75) is 5.16 Å². The Morgan fingerprint density at radius 2 is 2.00 bits per heavy atom. The standard InChI is InChI=1S/C20H14ClN3O2S2/c21-13-7-4-8-14(9-13)22-16(25)11-28-20-23-18(26)17-15(10-27-19(17)24-20)12-5-2-1-3-6-12/h1-10H,11H2,(H,22,25)(H,23,24,26). The number of aromatic nitrogens is 2. The molecule has 0 aliphatic rings. The number of aromatic amines is 1. The lowest BCUT2D eigenvalue weighted by atomic mass is 10.1. The number of thioether (sulfide) groups is 1. The summed E-state index contributed by atoms with van der Waals surface area (Å²) < 4.78 is 0. The molecule has 0 aliphatic heterocycles. The maximum Gasteiger partial charge on any atom is 0.260 e. The van der Waals surface area contributed by atoms with E-state index in [1.165, 1.54) is 23.1 Å². The molecule has 0 spiro atoms. The van der Waals surface area contributed by atoms with Gasteiger partial charge in [-0.05, 0) is 23.8 Å². The molecular weight excluding hydrogens is 414 g/mol. The van der Waals surface area contributed by atoms with Crippen LogP contribution in [0.3, 0.4) is 0 Å². The molecule has 1 amide bonds. The van der Waals surface area contributed by atoms with E-state index in [1.54, 1.807) is 24.3 Å². The van der Waals surface area contributed by atoms with Crippen molar-refractivity contribution in [2.24, 2.45) is 0 Å². The van der Waals surface area contributed by atoms with E-state index in [9.17, 15) is 9.59 Å². The summed E-state index contributed by atoms with van der Waals surface area (Å²) in [5.41, 5.74) is 2.26. The third kappa shape index (κ3) is 4.11. The molecule has 0 saturated carbocycles. The number of rotatable bonds is 5. The van der Waals surface area contributed by atoms with Crippen LogP contribution in [0.25, 0.3) is 21.3 Å². The molecule has 2 heterocycles. The Hall–Kier alpha value is -2.61. The van der Waals surface area contributed by atoms with E-state index >= 15 is 0 Å². The minimum absolute atomic E-state index is 0.123. The Morgan fingerprint density at radius 1 is 1.18 bits per heavy atom. The molecule has 4 rings (SSSR count). The molecule has 0 bridgehead atoms. The summed E-state index contributed by atoms with van der Waals surface area (Å²) in [5.74, 6) is -0.0797. The second-order valence-electron chi connectivity index (χ2n) is 5.91. The van der Waals surface area contributed by atoms with E-state index in [0.29, 0.717) is 26.1 Å². The SMILES string of the molecule is O=C(CSc1nc2scc(-c3ccccc3)c2c(=O)[nH]1)Nc1cccc(Cl)c1. The van der Waals surface area contributed by atoms with Crippen molar-refractivity contribution in [2.75, 3.05) is 11.1 Å². The molecule has 2 aromatic carbocycles. The average Bonchev–Trinajstić information content (AvgIpc) is 3.12. The van der Waals surface area contributed by atoms with Crippen molar-refractivity contribution in [1.29, 1.82) is 0 Å². The fourth-order valence-corrected chi connectivity index (χ4v) is 4.58. The molecule has 0 radical (unpaired) electrons. The zero-order valence-corrected chi connectivity index (χ0v) is 16.8. The molecule has 2 aromatic heterocycles. The molecule has 0 saturated heterocycles. The summed E-state index contributed by atoms with van der Waals surface area (Å²) in [7, 11) is 0. The van der Waals surface area contributed by atoms with Gasteiger partial charge in [-0.15, -0.1) is 11.3 Å². The van der Waals surface area contributed by atoms with Crippen LogP contribution in [-0.2, 0) is 4.79 Å². The Balaban J connectivity index is 1.51. The van der Waals surface area contributed by atoms with Crippen molar-refractivity contribution >= 4 is 56.5 Å². The minimum atomic E-state index is -0.206. The van der Waals surface area contributed by atoms with Gasteiger partial charge in [-0.25, -0.2) is 4.98 Å². The lowest BCUT2D eigenvalue weighted by Gasteiger charge is -2.05. The molecule has 140 valence electrons. The first-order valence-electron chi connectivity index (χ1n) is 8.35. The van der Waals surface area contributed by atoms with Crippen LogP contribution >= 0.6 is 34.7 Å². The number of carbonyl (C=O) groups is 1. The van der Waals surface area contributed by atoms with Crippen molar-refractivity contribution < 1.29 is 4.79 Å². The van der Waals surface area contributed by atoms with Crippen LogP contribution in [0.2, 0.25) is 5.02 Å². The minimum Gasteiger partial charge on any atom is -0.325 e.